The van der Waals surface area contributed by atoms with Crippen LogP contribution >= 0.6 is 0 Å². The fraction of sp³-hybridized carbons (Fsp3) is 0.320. The molecule has 0 atom stereocenters. The van der Waals surface area contributed by atoms with Gasteiger partial charge in [-0.05, 0) is 80.2 Å². The molecular weight excluding hydrogens is 328 g/mol. The van der Waals surface area contributed by atoms with Crippen molar-refractivity contribution < 1.29 is 0 Å². The highest BCUT2D eigenvalue weighted by Gasteiger charge is 2.09. The predicted octanol–water partition coefficient (Wildman–Crippen LogP) is 6.15. The Hall–Kier alpha value is -2.61. The van der Waals surface area contributed by atoms with Gasteiger partial charge in [-0.15, -0.1) is 0 Å². The number of hydrogen-bond acceptors (Lipinski definition) is 2. The van der Waals surface area contributed by atoms with Crippen LogP contribution in [0.25, 0.3) is 6.08 Å². The lowest BCUT2D eigenvalue weighted by molar-refractivity contribution is 0.866. The molecular formula is C25H30N2. The smallest absolute Gasteiger partial charge is 0.0574 e. The molecule has 0 amide bonds. The Balaban J connectivity index is 1.68. The Morgan fingerprint density at radius 1 is 0.889 bits per heavy atom. The highest BCUT2D eigenvalue weighted by Crippen LogP contribution is 2.28. The fourth-order valence-corrected chi connectivity index (χ4v) is 3.56. The van der Waals surface area contributed by atoms with Gasteiger partial charge < -0.3 is 4.90 Å². The first-order chi connectivity index (χ1) is 13.2. The summed E-state index contributed by atoms with van der Waals surface area (Å²) in [5.74, 6) is 0. The third-order valence-electron chi connectivity index (χ3n) is 5.03. The van der Waals surface area contributed by atoms with E-state index in [2.05, 4.69) is 97.5 Å². The molecule has 0 saturated carbocycles. The molecule has 140 valence electrons. The highest BCUT2D eigenvalue weighted by atomic mass is 15.1. The molecule has 0 aliphatic heterocycles. The molecule has 2 aliphatic rings. The van der Waals surface area contributed by atoms with Crippen LogP contribution in [0, 0.1) is 0 Å². The molecule has 0 heterocycles. The molecule has 0 aromatic heterocycles. The number of allylic oxidation sites excluding steroid dienone is 9. The monoisotopic (exact) mass is 358 g/mol. The summed E-state index contributed by atoms with van der Waals surface area (Å²) in [4.78, 5) is 6.80. The minimum absolute atomic E-state index is 0.832. The number of nitrogens with zero attached hydrogens (tertiary/aromatic N) is 2. The molecule has 2 aliphatic carbocycles. The van der Waals surface area contributed by atoms with Gasteiger partial charge in [0.05, 0.1) is 5.71 Å². The van der Waals surface area contributed by atoms with Crippen molar-refractivity contribution in [3.05, 3.63) is 83.0 Å². The summed E-state index contributed by atoms with van der Waals surface area (Å²) in [5, 5.41) is 0. The molecule has 3 rings (SSSR count). The Morgan fingerprint density at radius 3 is 2.22 bits per heavy atom. The largest absolute Gasteiger partial charge is 0.372 e. The molecule has 2 heteroatoms. The van der Waals surface area contributed by atoms with Crippen LogP contribution in [0.5, 0.6) is 0 Å². The van der Waals surface area contributed by atoms with Crippen molar-refractivity contribution in [1.82, 2.24) is 0 Å². The van der Waals surface area contributed by atoms with Crippen LogP contribution in [0.3, 0.4) is 0 Å². The van der Waals surface area contributed by atoms with Gasteiger partial charge in [-0.2, -0.15) is 0 Å². The third-order valence-corrected chi connectivity index (χ3v) is 5.03. The van der Waals surface area contributed by atoms with Gasteiger partial charge in [0.25, 0.3) is 0 Å². The zero-order chi connectivity index (χ0) is 19.1. The molecule has 0 saturated heterocycles. The molecule has 1 aromatic carbocycles. The van der Waals surface area contributed by atoms with E-state index < -0.39 is 0 Å². The molecule has 0 N–H and O–H groups in total. The van der Waals surface area contributed by atoms with Gasteiger partial charge >= 0.3 is 0 Å². The van der Waals surface area contributed by atoms with Gasteiger partial charge in [0.15, 0.2) is 0 Å². The van der Waals surface area contributed by atoms with E-state index in [0.29, 0.717) is 0 Å². The zero-order valence-corrected chi connectivity index (χ0v) is 16.8. The van der Waals surface area contributed by atoms with Crippen molar-refractivity contribution in [3.63, 3.8) is 0 Å². The molecule has 2 nitrogen and oxygen atoms in total. The van der Waals surface area contributed by atoms with Crippen LogP contribution in [0.4, 0.5) is 5.69 Å². The average Bonchev–Trinajstić information content (AvgIpc) is 3.13. The Morgan fingerprint density at radius 2 is 1.59 bits per heavy atom. The lowest BCUT2D eigenvalue weighted by Crippen LogP contribution is -2.21. The van der Waals surface area contributed by atoms with Gasteiger partial charge in [0.1, 0.15) is 0 Å². The lowest BCUT2D eigenvalue weighted by atomic mass is 10.1. The van der Waals surface area contributed by atoms with Crippen LogP contribution in [-0.4, -0.2) is 25.3 Å². The van der Waals surface area contributed by atoms with Crippen LogP contribution in [0.15, 0.2) is 82.4 Å². The molecule has 0 bridgehead atoms. The summed E-state index contributed by atoms with van der Waals surface area (Å²) in [7, 11) is 0. The van der Waals surface area contributed by atoms with E-state index in [1.807, 2.05) is 0 Å². The molecule has 27 heavy (non-hydrogen) atoms. The van der Waals surface area contributed by atoms with Gasteiger partial charge in [-0.25, -0.2) is 0 Å². The first kappa shape index (κ1) is 19.2. The van der Waals surface area contributed by atoms with E-state index in [1.165, 1.54) is 28.0 Å². The van der Waals surface area contributed by atoms with Crippen LogP contribution in [-0.2, 0) is 0 Å². The fourth-order valence-electron chi connectivity index (χ4n) is 3.56. The lowest BCUT2D eigenvalue weighted by Gasteiger charge is -2.20. The predicted molar refractivity (Wildman–Crippen MR) is 120 cm³/mol. The standard InChI is InChI=1S/C25H30N2/c1-4-26-24-13-9-20(10-14-24)17-22-7-8-23(19-22)18-21-11-15-25(16-12-21)27(5-2)6-3/h9-19H,4-8H2,1-3H3/b20-17?,23-18+,26-24?. The minimum atomic E-state index is 0.832. The van der Waals surface area contributed by atoms with E-state index in [9.17, 15) is 0 Å². The summed E-state index contributed by atoms with van der Waals surface area (Å²) in [6.07, 6.45) is 17.7. The molecule has 0 radical (unpaired) electrons. The Labute approximate surface area is 164 Å². The van der Waals surface area contributed by atoms with E-state index in [0.717, 1.165) is 38.2 Å². The molecule has 1 aromatic rings. The van der Waals surface area contributed by atoms with E-state index in [4.69, 9.17) is 0 Å². The van der Waals surface area contributed by atoms with Gasteiger partial charge in [0, 0.05) is 25.3 Å². The van der Waals surface area contributed by atoms with E-state index in [-0.39, 0.29) is 0 Å². The van der Waals surface area contributed by atoms with Crippen molar-refractivity contribution >= 4 is 17.5 Å². The maximum atomic E-state index is 4.43. The average molecular weight is 359 g/mol. The van der Waals surface area contributed by atoms with Gasteiger partial charge in [0.2, 0.25) is 0 Å². The van der Waals surface area contributed by atoms with E-state index >= 15 is 0 Å². The summed E-state index contributed by atoms with van der Waals surface area (Å²) < 4.78 is 0. The van der Waals surface area contributed by atoms with Crippen LogP contribution in [0.1, 0.15) is 39.2 Å². The summed E-state index contributed by atoms with van der Waals surface area (Å²) in [6.45, 7) is 9.39. The number of benzene rings is 1. The summed E-state index contributed by atoms with van der Waals surface area (Å²) >= 11 is 0. The van der Waals surface area contributed by atoms with Crippen molar-refractivity contribution in [2.45, 2.75) is 33.6 Å². The maximum absolute atomic E-state index is 4.43. The maximum Gasteiger partial charge on any atom is 0.0574 e. The van der Waals surface area contributed by atoms with Gasteiger partial charge in [-0.3, -0.25) is 4.99 Å². The number of hydrogen-bond donors (Lipinski definition) is 0. The molecule has 0 spiro atoms. The second-order valence-electron chi connectivity index (χ2n) is 6.91. The Bertz CT molecular complexity index is 808. The summed E-state index contributed by atoms with van der Waals surface area (Å²) in [5.41, 5.74) is 7.71. The second kappa shape index (κ2) is 9.36. The van der Waals surface area contributed by atoms with Crippen molar-refractivity contribution in [2.75, 3.05) is 24.5 Å². The number of rotatable bonds is 6. The first-order valence-electron chi connectivity index (χ1n) is 10.1. The number of aliphatic imine (C=N–C) groups is 1. The van der Waals surface area contributed by atoms with Gasteiger partial charge in [-0.1, -0.05) is 42.5 Å². The van der Waals surface area contributed by atoms with Crippen LogP contribution in [0.2, 0.25) is 0 Å². The zero-order valence-electron chi connectivity index (χ0n) is 16.8. The quantitative estimate of drug-likeness (QED) is 0.595. The number of anilines is 1. The normalized spacial score (nSPS) is 17.4. The van der Waals surface area contributed by atoms with Crippen molar-refractivity contribution in [2.24, 2.45) is 4.99 Å². The second-order valence-corrected chi connectivity index (χ2v) is 6.91. The molecule has 0 fully saturated rings. The SMILES string of the molecule is CCN=C1C=CC(=CC2=C/C(=C/c3ccc(N(CC)CC)cc3)CC2)C=C1. The van der Waals surface area contributed by atoms with Crippen molar-refractivity contribution in [1.29, 1.82) is 0 Å². The topological polar surface area (TPSA) is 15.6 Å². The summed E-state index contributed by atoms with van der Waals surface area (Å²) in [6, 6.07) is 8.92. The highest BCUT2D eigenvalue weighted by molar-refractivity contribution is 6.05. The first-order valence-corrected chi connectivity index (χ1v) is 10.1. The third kappa shape index (κ3) is 5.19. The minimum Gasteiger partial charge on any atom is -0.372 e. The molecule has 0 unspecified atom stereocenters. The van der Waals surface area contributed by atoms with E-state index in [1.54, 1.807) is 0 Å². The van der Waals surface area contributed by atoms with Crippen LogP contribution < -0.4 is 4.90 Å². The van der Waals surface area contributed by atoms with Crippen molar-refractivity contribution in [3.8, 4) is 0 Å². The Kier molecular flexibility index (Phi) is 6.64.